The molecule has 10 heteroatoms. The molecule has 1 aliphatic heterocycles. The highest BCUT2D eigenvalue weighted by Crippen LogP contribution is 2.29. The summed E-state index contributed by atoms with van der Waals surface area (Å²) in [7, 11) is -7.36. The third-order valence-corrected chi connectivity index (χ3v) is 7.95. The zero-order valence-corrected chi connectivity index (χ0v) is 14.7. The van der Waals surface area contributed by atoms with Crippen molar-refractivity contribution >= 4 is 37.4 Å². The van der Waals surface area contributed by atoms with E-state index in [2.05, 4.69) is 0 Å². The van der Waals surface area contributed by atoms with Crippen LogP contribution < -0.4 is 0 Å². The lowest BCUT2D eigenvalue weighted by atomic mass is 10.2. The average molecular weight is 382 g/mol. The second-order valence-electron chi connectivity index (χ2n) is 5.22. The highest BCUT2D eigenvalue weighted by Gasteiger charge is 2.38. The number of sulfonamides is 1. The number of benzene rings is 1. The SMILES string of the molecule is CCN([C@@H]1CCS(=O)(=O)C1)S(=O)(=O)c1cc(C(=O)O)ccc1Cl. The molecule has 0 bridgehead atoms. The zero-order valence-electron chi connectivity index (χ0n) is 12.3. The molecule has 0 amide bonds. The molecule has 0 aliphatic carbocycles. The van der Waals surface area contributed by atoms with Gasteiger partial charge in [-0.25, -0.2) is 21.6 Å². The maximum absolute atomic E-state index is 12.8. The Bertz CT molecular complexity index is 834. The van der Waals surface area contributed by atoms with Gasteiger partial charge in [0.25, 0.3) is 0 Å². The topological polar surface area (TPSA) is 109 Å². The normalized spacial score (nSPS) is 20.7. The standard InChI is InChI=1S/C13H16ClNO6S2/c1-2-15(10-5-6-22(18,19)8-10)23(20,21)12-7-9(13(16)17)3-4-11(12)14/h3-4,7,10H,2,5-6,8H2,1H3,(H,16,17)/t10-/m1/s1. The van der Waals surface area contributed by atoms with Gasteiger partial charge in [-0.2, -0.15) is 4.31 Å². The summed E-state index contributed by atoms with van der Waals surface area (Å²) in [6.07, 6.45) is 0.214. The average Bonchev–Trinajstić information content (AvgIpc) is 2.79. The molecule has 1 fully saturated rings. The van der Waals surface area contributed by atoms with Gasteiger partial charge in [0.15, 0.2) is 9.84 Å². The minimum absolute atomic E-state index is 0.0629. The van der Waals surface area contributed by atoms with Gasteiger partial charge >= 0.3 is 5.97 Å². The summed E-state index contributed by atoms with van der Waals surface area (Å²) < 4.78 is 49.9. The minimum Gasteiger partial charge on any atom is -0.478 e. The Morgan fingerprint density at radius 1 is 1.43 bits per heavy atom. The third-order valence-electron chi connectivity index (χ3n) is 3.69. The van der Waals surface area contributed by atoms with Crippen molar-refractivity contribution in [3.63, 3.8) is 0 Å². The molecule has 1 saturated heterocycles. The van der Waals surface area contributed by atoms with E-state index in [1.807, 2.05) is 0 Å². The molecule has 128 valence electrons. The van der Waals surface area contributed by atoms with E-state index in [-0.39, 0.29) is 40.0 Å². The zero-order chi connectivity index (χ0) is 17.4. The monoisotopic (exact) mass is 381 g/mol. The van der Waals surface area contributed by atoms with E-state index >= 15 is 0 Å². The first kappa shape index (κ1) is 18.2. The number of nitrogens with zero attached hydrogens (tertiary/aromatic N) is 1. The van der Waals surface area contributed by atoms with Crippen LogP contribution >= 0.6 is 11.6 Å². The van der Waals surface area contributed by atoms with Crippen LogP contribution in [0.1, 0.15) is 23.7 Å². The van der Waals surface area contributed by atoms with Gasteiger partial charge in [0.05, 0.1) is 22.1 Å². The van der Waals surface area contributed by atoms with Crippen LogP contribution in [0.5, 0.6) is 0 Å². The number of carboxylic acids is 1. The molecule has 2 rings (SSSR count). The number of hydrogen-bond acceptors (Lipinski definition) is 5. The molecule has 1 aromatic carbocycles. The molecule has 1 atom stereocenters. The number of aromatic carboxylic acids is 1. The molecule has 0 radical (unpaired) electrons. The molecule has 0 spiro atoms. The smallest absolute Gasteiger partial charge is 0.335 e. The number of halogens is 1. The van der Waals surface area contributed by atoms with Crippen molar-refractivity contribution in [2.45, 2.75) is 24.3 Å². The Kier molecular flexibility index (Phi) is 5.05. The molecule has 0 saturated carbocycles. The van der Waals surface area contributed by atoms with Gasteiger partial charge in [0.2, 0.25) is 10.0 Å². The van der Waals surface area contributed by atoms with Crippen LogP contribution in [0.15, 0.2) is 23.1 Å². The van der Waals surface area contributed by atoms with E-state index in [9.17, 15) is 21.6 Å². The molecule has 1 aliphatic rings. The van der Waals surface area contributed by atoms with Gasteiger partial charge in [0.1, 0.15) is 4.90 Å². The quantitative estimate of drug-likeness (QED) is 0.821. The lowest BCUT2D eigenvalue weighted by Gasteiger charge is -2.26. The molecule has 1 heterocycles. The predicted molar refractivity (Wildman–Crippen MR) is 85.0 cm³/mol. The number of carbonyl (C=O) groups is 1. The van der Waals surface area contributed by atoms with Crippen LogP contribution in [0.25, 0.3) is 0 Å². The second kappa shape index (κ2) is 6.39. The van der Waals surface area contributed by atoms with Crippen LogP contribution in [0.4, 0.5) is 0 Å². The van der Waals surface area contributed by atoms with E-state index in [1.54, 1.807) is 6.92 Å². The van der Waals surface area contributed by atoms with Crippen molar-refractivity contribution < 1.29 is 26.7 Å². The van der Waals surface area contributed by atoms with Crippen LogP contribution in [0.3, 0.4) is 0 Å². The molecule has 0 unspecified atom stereocenters. The third kappa shape index (κ3) is 3.68. The molecule has 1 aromatic rings. The van der Waals surface area contributed by atoms with Crippen LogP contribution in [-0.4, -0.2) is 56.3 Å². The van der Waals surface area contributed by atoms with Gasteiger partial charge in [-0.05, 0) is 24.6 Å². The van der Waals surface area contributed by atoms with E-state index in [0.717, 1.165) is 10.4 Å². The fourth-order valence-electron chi connectivity index (χ4n) is 2.59. The molecular formula is C13H16ClNO6S2. The Morgan fingerprint density at radius 3 is 2.57 bits per heavy atom. The first-order valence-electron chi connectivity index (χ1n) is 6.83. The summed E-state index contributed by atoms with van der Waals surface area (Å²) in [4.78, 5) is 10.7. The van der Waals surface area contributed by atoms with Crippen LogP contribution in [0.2, 0.25) is 5.02 Å². The second-order valence-corrected chi connectivity index (χ2v) is 9.71. The van der Waals surface area contributed by atoms with Crippen molar-refractivity contribution in [1.29, 1.82) is 0 Å². The van der Waals surface area contributed by atoms with Gasteiger partial charge < -0.3 is 5.11 Å². The Hall–Kier alpha value is -1.16. The highest BCUT2D eigenvalue weighted by atomic mass is 35.5. The maximum Gasteiger partial charge on any atom is 0.335 e. The summed E-state index contributed by atoms with van der Waals surface area (Å²) in [6.45, 7) is 1.66. The van der Waals surface area contributed by atoms with Crippen LogP contribution in [0, 0.1) is 0 Å². The summed E-state index contributed by atoms with van der Waals surface area (Å²) >= 11 is 5.93. The first-order chi connectivity index (χ1) is 10.6. The summed E-state index contributed by atoms with van der Waals surface area (Å²) in [5.74, 6) is -1.58. The largest absolute Gasteiger partial charge is 0.478 e. The fraction of sp³-hybridized carbons (Fsp3) is 0.462. The molecule has 0 aromatic heterocycles. The van der Waals surface area contributed by atoms with Gasteiger partial charge in [-0.1, -0.05) is 18.5 Å². The van der Waals surface area contributed by atoms with Crippen molar-refractivity contribution in [2.75, 3.05) is 18.1 Å². The number of rotatable bonds is 5. The van der Waals surface area contributed by atoms with Gasteiger partial charge in [-0.15, -0.1) is 0 Å². The Labute approximate surface area is 139 Å². The van der Waals surface area contributed by atoms with Crippen molar-refractivity contribution in [1.82, 2.24) is 4.31 Å². The molecule has 23 heavy (non-hydrogen) atoms. The van der Waals surface area contributed by atoms with E-state index in [1.165, 1.54) is 12.1 Å². The number of hydrogen-bond donors (Lipinski definition) is 1. The minimum atomic E-state index is -4.10. The number of sulfone groups is 1. The van der Waals surface area contributed by atoms with Gasteiger partial charge in [-0.3, -0.25) is 0 Å². The molecule has 7 nitrogen and oxygen atoms in total. The lowest BCUT2D eigenvalue weighted by molar-refractivity contribution is 0.0696. The van der Waals surface area contributed by atoms with Gasteiger partial charge in [0, 0.05) is 12.6 Å². The number of carboxylic acid groups (broad SMARTS) is 1. The maximum atomic E-state index is 12.8. The van der Waals surface area contributed by atoms with E-state index < -0.39 is 31.9 Å². The first-order valence-corrected chi connectivity index (χ1v) is 10.5. The Morgan fingerprint density at radius 2 is 2.09 bits per heavy atom. The fourth-order valence-corrected chi connectivity index (χ4v) is 6.58. The molecule has 1 N–H and O–H groups in total. The van der Waals surface area contributed by atoms with E-state index in [0.29, 0.717) is 0 Å². The summed E-state index contributed by atoms with van der Waals surface area (Å²) in [5, 5.41) is 8.91. The summed E-state index contributed by atoms with van der Waals surface area (Å²) in [5.41, 5.74) is -0.205. The van der Waals surface area contributed by atoms with Crippen molar-refractivity contribution in [3.8, 4) is 0 Å². The van der Waals surface area contributed by atoms with Crippen molar-refractivity contribution in [2.24, 2.45) is 0 Å². The van der Waals surface area contributed by atoms with Crippen molar-refractivity contribution in [3.05, 3.63) is 28.8 Å². The predicted octanol–water partition coefficient (Wildman–Crippen LogP) is 1.24. The van der Waals surface area contributed by atoms with Crippen LogP contribution in [-0.2, 0) is 19.9 Å². The summed E-state index contributed by atoms with van der Waals surface area (Å²) in [6, 6.07) is 2.74. The molecular weight excluding hydrogens is 366 g/mol. The Balaban J connectivity index is 2.48. The highest BCUT2D eigenvalue weighted by molar-refractivity contribution is 7.92. The van der Waals surface area contributed by atoms with E-state index in [4.69, 9.17) is 16.7 Å². The lowest BCUT2D eigenvalue weighted by Crippen LogP contribution is -2.41.